The van der Waals surface area contributed by atoms with Gasteiger partial charge in [-0.15, -0.1) is 0 Å². The van der Waals surface area contributed by atoms with Crippen LogP contribution in [0.2, 0.25) is 0 Å². The minimum atomic E-state index is -0.413. The van der Waals surface area contributed by atoms with Crippen molar-refractivity contribution in [3.8, 4) is 0 Å². The van der Waals surface area contributed by atoms with E-state index in [2.05, 4.69) is 20.9 Å². The van der Waals surface area contributed by atoms with E-state index < -0.39 is 11.2 Å². The highest BCUT2D eigenvalue weighted by molar-refractivity contribution is 9.10. The molecule has 94 valence electrons. The molecule has 0 unspecified atom stereocenters. The molecule has 0 amide bonds. The average Bonchev–Trinajstić information content (AvgIpc) is 2.34. The number of rotatable bonds is 3. The summed E-state index contributed by atoms with van der Waals surface area (Å²) in [5, 5.41) is 0. The summed E-state index contributed by atoms with van der Waals surface area (Å²) in [6.07, 6.45) is 2.19. The van der Waals surface area contributed by atoms with Gasteiger partial charge in [0.15, 0.2) is 0 Å². The number of anilines is 1. The van der Waals surface area contributed by atoms with E-state index >= 15 is 0 Å². The van der Waals surface area contributed by atoms with Crippen molar-refractivity contribution in [1.29, 1.82) is 0 Å². The number of hydrogen-bond acceptors (Lipinski definition) is 3. The third kappa shape index (κ3) is 2.89. The van der Waals surface area contributed by atoms with Crippen molar-refractivity contribution in [1.82, 2.24) is 9.55 Å². The summed E-state index contributed by atoms with van der Waals surface area (Å²) >= 11 is 3.10. The van der Waals surface area contributed by atoms with Crippen LogP contribution >= 0.6 is 15.9 Å². The van der Waals surface area contributed by atoms with Crippen LogP contribution in [0.3, 0.4) is 0 Å². The van der Waals surface area contributed by atoms with Crippen LogP contribution in [0.1, 0.15) is 5.56 Å². The number of nitrogens with zero attached hydrogens (tertiary/aromatic N) is 1. The Kier molecular flexibility index (Phi) is 3.66. The van der Waals surface area contributed by atoms with Gasteiger partial charge in [-0.1, -0.05) is 12.1 Å². The maximum Gasteiger partial charge on any atom is 0.328 e. The fraction of sp³-hybridized carbons (Fsp3) is 0.167. The maximum absolute atomic E-state index is 11.5. The smallest absolute Gasteiger partial charge is 0.328 e. The number of nitrogens with two attached hydrogens (primary N) is 1. The molecule has 1 heterocycles. The molecule has 6 heteroatoms. The lowest BCUT2D eigenvalue weighted by atomic mass is 10.1. The van der Waals surface area contributed by atoms with Crippen molar-refractivity contribution in [2.75, 3.05) is 5.73 Å². The molecule has 2 rings (SSSR count). The molecule has 0 aliphatic heterocycles. The first-order valence-corrected chi connectivity index (χ1v) is 6.19. The Balaban J connectivity index is 2.15. The molecular weight excluding hydrogens is 298 g/mol. The van der Waals surface area contributed by atoms with Gasteiger partial charge in [-0.2, -0.15) is 0 Å². The highest BCUT2D eigenvalue weighted by Crippen LogP contribution is 2.07. The number of H-pyrrole nitrogens is 1. The Morgan fingerprint density at radius 2 is 1.89 bits per heavy atom. The number of aromatic nitrogens is 2. The summed E-state index contributed by atoms with van der Waals surface area (Å²) < 4.78 is 1.81. The SMILES string of the molecule is Nc1ccc(CCn2cc(Br)c(=O)[nH]c2=O)cc1. The van der Waals surface area contributed by atoms with Gasteiger partial charge in [-0.05, 0) is 40.0 Å². The predicted octanol–water partition coefficient (Wildman–Crippen LogP) is 1.12. The third-order valence-electron chi connectivity index (χ3n) is 2.59. The largest absolute Gasteiger partial charge is 0.399 e. The number of nitrogens with one attached hydrogen (secondary N) is 1. The molecular formula is C12H12BrN3O2. The van der Waals surface area contributed by atoms with E-state index in [1.165, 1.54) is 10.8 Å². The van der Waals surface area contributed by atoms with E-state index in [-0.39, 0.29) is 0 Å². The van der Waals surface area contributed by atoms with E-state index in [1.54, 1.807) is 0 Å². The molecule has 2 aromatic rings. The summed E-state index contributed by atoms with van der Waals surface area (Å²) in [7, 11) is 0. The molecule has 0 aliphatic carbocycles. The normalized spacial score (nSPS) is 10.5. The van der Waals surface area contributed by atoms with E-state index in [0.717, 1.165) is 5.56 Å². The van der Waals surface area contributed by atoms with Gasteiger partial charge in [0.1, 0.15) is 0 Å². The second-order valence-electron chi connectivity index (χ2n) is 3.92. The van der Waals surface area contributed by atoms with E-state index in [0.29, 0.717) is 23.1 Å². The van der Waals surface area contributed by atoms with Crippen LogP contribution in [-0.4, -0.2) is 9.55 Å². The fourth-order valence-electron chi connectivity index (χ4n) is 1.58. The van der Waals surface area contributed by atoms with Gasteiger partial charge in [0.2, 0.25) is 0 Å². The quantitative estimate of drug-likeness (QED) is 0.834. The fourth-order valence-corrected chi connectivity index (χ4v) is 1.93. The van der Waals surface area contributed by atoms with E-state index in [1.807, 2.05) is 24.3 Å². The van der Waals surface area contributed by atoms with Crippen LogP contribution < -0.4 is 17.0 Å². The first kappa shape index (κ1) is 12.6. The molecule has 5 nitrogen and oxygen atoms in total. The molecule has 0 atom stereocenters. The van der Waals surface area contributed by atoms with Crippen molar-refractivity contribution in [3.05, 3.63) is 61.3 Å². The van der Waals surface area contributed by atoms with E-state index in [4.69, 9.17) is 5.73 Å². The Labute approximate surface area is 111 Å². The lowest BCUT2D eigenvalue weighted by Crippen LogP contribution is -2.30. The number of aromatic amines is 1. The van der Waals surface area contributed by atoms with Gasteiger partial charge >= 0.3 is 5.69 Å². The average molecular weight is 310 g/mol. The molecule has 3 N–H and O–H groups in total. The van der Waals surface area contributed by atoms with Crippen molar-refractivity contribution in [2.24, 2.45) is 0 Å². The number of aryl methyl sites for hydroxylation is 2. The molecule has 0 bridgehead atoms. The van der Waals surface area contributed by atoms with Crippen LogP contribution in [0.15, 0.2) is 44.5 Å². The Hall–Kier alpha value is -1.82. The zero-order chi connectivity index (χ0) is 13.1. The second kappa shape index (κ2) is 5.22. The summed E-state index contributed by atoms with van der Waals surface area (Å²) in [6.45, 7) is 0.498. The number of nitrogen functional groups attached to an aromatic ring is 1. The summed E-state index contributed by atoms with van der Waals surface area (Å²) in [5.74, 6) is 0. The molecule has 1 aromatic heterocycles. The van der Waals surface area contributed by atoms with Gasteiger partial charge in [0.25, 0.3) is 5.56 Å². The van der Waals surface area contributed by atoms with Crippen LogP contribution in [0.25, 0.3) is 0 Å². The number of halogens is 1. The molecule has 0 fully saturated rings. The van der Waals surface area contributed by atoms with Crippen LogP contribution in [0, 0.1) is 0 Å². The lowest BCUT2D eigenvalue weighted by molar-refractivity contribution is 0.642. The molecule has 0 saturated carbocycles. The standard InChI is InChI=1S/C12H12BrN3O2/c13-10-7-16(12(18)15-11(10)17)6-5-8-1-3-9(14)4-2-8/h1-4,7H,5-6,14H2,(H,15,17,18). The summed E-state index contributed by atoms with van der Waals surface area (Å²) in [6, 6.07) is 7.48. The van der Waals surface area contributed by atoms with Crippen LogP contribution in [0.4, 0.5) is 5.69 Å². The molecule has 0 spiro atoms. The molecule has 0 saturated heterocycles. The van der Waals surface area contributed by atoms with Crippen LogP contribution in [0.5, 0.6) is 0 Å². The van der Waals surface area contributed by atoms with Gasteiger partial charge in [-0.3, -0.25) is 14.3 Å². The maximum atomic E-state index is 11.5. The van der Waals surface area contributed by atoms with Crippen molar-refractivity contribution < 1.29 is 0 Å². The molecule has 0 aliphatic rings. The molecule has 1 aromatic carbocycles. The first-order valence-electron chi connectivity index (χ1n) is 5.40. The lowest BCUT2D eigenvalue weighted by Gasteiger charge is -2.05. The minimum absolute atomic E-state index is 0.347. The Bertz CT molecular complexity index is 658. The topological polar surface area (TPSA) is 80.9 Å². The second-order valence-corrected chi connectivity index (χ2v) is 4.78. The Morgan fingerprint density at radius 1 is 1.22 bits per heavy atom. The van der Waals surface area contributed by atoms with Crippen molar-refractivity contribution in [2.45, 2.75) is 13.0 Å². The predicted molar refractivity (Wildman–Crippen MR) is 73.6 cm³/mol. The monoisotopic (exact) mass is 309 g/mol. The van der Waals surface area contributed by atoms with E-state index in [9.17, 15) is 9.59 Å². The highest BCUT2D eigenvalue weighted by atomic mass is 79.9. The number of hydrogen-bond donors (Lipinski definition) is 2. The zero-order valence-electron chi connectivity index (χ0n) is 9.52. The molecule has 0 radical (unpaired) electrons. The van der Waals surface area contributed by atoms with Crippen LogP contribution in [-0.2, 0) is 13.0 Å². The van der Waals surface area contributed by atoms with Gasteiger partial charge in [0.05, 0.1) is 4.47 Å². The summed E-state index contributed by atoms with van der Waals surface area (Å²) in [5.41, 5.74) is 6.57. The van der Waals surface area contributed by atoms with Gasteiger partial charge in [-0.25, -0.2) is 4.79 Å². The van der Waals surface area contributed by atoms with Gasteiger partial charge in [0, 0.05) is 18.4 Å². The van der Waals surface area contributed by atoms with Crippen molar-refractivity contribution >= 4 is 21.6 Å². The highest BCUT2D eigenvalue weighted by Gasteiger charge is 2.02. The van der Waals surface area contributed by atoms with Gasteiger partial charge < -0.3 is 5.73 Å². The molecule has 18 heavy (non-hydrogen) atoms. The first-order chi connectivity index (χ1) is 8.56. The Morgan fingerprint density at radius 3 is 2.56 bits per heavy atom. The third-order valence-corrected chi connectivity index (χ3v) is 3.15. The zero-order valence-corrected chi connectivity index (χ0v) is 11.1. The minimum Gasteiger partial charge on any atom is -0.399 e. The van der Waals surface area contributed by atoms with Crippen molar-refractivity contribution in [3.63, 3.8) is 0 Å². The number of benzene rings is 1. The summed E-state index contributed by atoms with van der Waals surface area (Å²) in [4.78, 5) is 24.9.